The van der Waals surface area contributed by atoms with Crippen LogP contribution in [0.1, 0.15) is 12.5 Å². The summed E-state index contributed by atoms with van der Waals surface area (Å²) < 4.78 is 38.5. The third-order valence-electron chi connectivity index (χ3n) is 2.29. The first-order chi connectivity index (χ1) is 8.93. The fraction of sp³-hybridized carbons (Fsp3) is 0.417. The van der Waals surface area contributed by atoms with E-state index in [-0.39, 0.29) is 18.1 Å². The Hall–Kier alpha value is -1.89. The zero-order chi connectivity index (χ0) is 14.4. The van der Waals surface area contributed by atoms with E-state index in [0.717, 1.165) is 0 Å². The molecule has 19 heavy (non-hydrogen) atoms. The van der Waals surface area contributed by atoms with Crippen LogP contribution in [0.2, 0.25) is 0 Å². The normalized spacial score (nSPS) is 12.3. The number of halogens is 2. The first-order valence-electron chi connectivity index (χ1n) is 5.40. The molecule has 0 amide bonds. The third-order valence-corrected chi connectivity index (χ3v) is 2.29. The van der Waals surface area contributed by atoms with Gasteiger partial charge in [0.15, 0.2) is 17.6 Å². The lowest BCUT2D eigenvalue weighted by molar-refractivity contribution is -0.149. The van der Waals surface area contributed by atoms with Crippen molar-refractivity contribution < 1.29 is 32.9 Å². The van der Waals surface area contributed by atoms with E-state index >= 15 is 0 Å². The molecule has 1 aromatic carbocycles. The summed E-state index contributed by atoms with van der Waals surface area (Å²) in [5.74, 6) is -1.04. The second kappa shape index (κ2) is 6.89. The minimum absolute atomic E-state index is 0.0266. The summed E-state index contributed by atoms with van der Waals surface area (Å²) in [6.45, 7) is -1.52. The Morgan fingerprint density at radius 1 is 1.37 bits per heavy atom. The molecule has 0 bridgehead atoms. The topological polar surface area (TPSA) is 65.0 Å². The van der Waals surface area contributed by atoms with Crippen molar-refractivity contribution in [3.63, 3.8) is 0 Å². The van der Waals surface area contributed by atoms with Crippen molar-refractivity contribution in [1.29, 1.82) is 0 Å². The van der Waals surface area contributed by atoms with Crippen LogP contribution < -0.4 is 9.47 Å². The Labute approximate surface area is 108 Å². The molecule has 0 saturated carbocycles. The second-order valence-electron chi connectivity index (χ2n) is 3.66. The van der Waals surface area contributed by atoms with Gasteiger partial charge in [-0.2, -0.15) is 8.78 Å². The van der Waals surface area contributed by atoms with Crippen molar-refractivity contribution >= 4 is 5.97 Å². The fourth-order valence-corrected chi connectivity index (χ4v) is 1.29. The maximum atomic E-state index is 12.1. The molecule has 0 unspecified atom stereocenters. The highest BCUT2D eigenvalue weighted by Gasteiger charge is 2.13. The van der Waals surface area contributed by atoms with Gasteiger partial charge in [0.1, 0.15) is 0 Å². The lowest BCUT2D eigenvalue weighted by Gasteiger charge is -2.12. The summed E-state index contributed by atoms with van der Waals surface area (Å²) in [5, 5.41) is 8.65. The van der Waals surface area contributed by atoms with Crippen LogP contribution in [-0.2, 0) is 16.1 Å². The van der Waals surface area contributed by atoms with Gasteiger partial charge in [-0.15, -0.1) is 0 Å². The number of hydrogen-bond donors (Lipinski definition) is 1. The summed E-state index contributed by atoms with van der Waals surface area (Å²) in [6, 6.07) is 4.26. The average Bonchev–Trinajstić information content (AvgIpc) is 2.36. The van der Waals surface area contributed by atoms with Gasteiger partial charge >= 0.3 is 12.6 Å². The molecule has 5 nitrogen and oxygen atoms in total. The number of carboxylic acid groups (broad SMARTS) is 1. The summed E-state index contributed by atoms with van der Waals surface area (Å²) in [6.07, 6.45) is -0.956. The molecule has 1 atom stereocenters. The Bertz CT molecular complexity index is 436. The maximum Gasteiger partial charge on any atom is 0.387 e. The predicted octanol–water partition coefficient (Wildman–Crippen LogP) is 2.29. The Morgan fingerprint density at radius 3 is 2.58 bits per heavy atom. The zero-order valence-corrected chi connectivity index (χ0v) is 10.4. The van der Waals surface area contributed by atoms with Gasteiger partial charge in [0.05, 0.1) is 13.7 Å². The van der Waals surface area contributed by atoms with E-state index in [1.165, 1.54) is 32.2 Å². The van der Waals surface area contributed by atoms with Crippen LogP contribution in [-0.4, -0.2) is 30.9 Å². The van der Waals surface area contributed by atoms with Gasteiger partial charge in [0.25, 0.3) is 0 Å². The SMILES string of the molecule is COc1cc(CO[C@H](C)C(=O)O)ccc1OC(F)F. The molecule has 0 heterocycles. The van der Waals surface area contributed by atoms with Gasteiger partial charge in [-0.1, -0.05) is 6.07 Å². The average molecular weight is 276 g/mol. The fourth-order valence-electron chi connectivity index (χ4n) is 1.29. The van der Waals surface area contributed by atoms with Gasteiger partial charge < -0.3 is 19.3 Å². The molecule has 1 aromatic rings. The number of rotatable bonds is 7. The minimum atomic E-state index is -2.94. The number of ether oxygens (including phenoxy) is 3. The molecule has 0 aromatic heterocycles. The van der Waals surface area contributed by atoms with Crippen molar-refractivity contribution in [3.05, 3.63) is 23.8 Å². The standard InChI is InChI=1S/C12H14F2O5/c1-7(11(15)16)18-6-8-3-4-9(19-12(13)14)10(5-8)17-2/h3-5,7,12H,6H2,1-2H3,(H,15,16)/t7-/m1/s1. The van der Waals surface area contributed by atoms with Crippen LogP contribution in [0.25, 0.3) is 0 Å². The van der Waals surface area contributed by atoms with Crippen LogP contribution in [0.3, 0.4) is 0 Å². The van der Waals surface area contributed by atoms with Crippen molar-refractivity contribution in [2.45, 2.75) is 26.2 Å². The number of hydrogen-bond acceptors (Lipinski definition) is 4. The molecular weight excluding hydrogens is 262 g/mol. The van der Waals surface area contributed by atoms with Crippen LogP contribution in [0, 0.1) is 0 Å². The molecule has 0 aliphatic heterocycles. The second-order valence-corrected chi connectivity index (χ2v) is 3.66. The molecule has 0 aliphatic carbocycles. The molecule has 0 aliphatic rings. The van der Waals surface area contributed by atoms with Gasteiger partial charge in [0.2, 0.25) is 0 Å². The van der Waals surface area contributed by atoms with Crippen LogP contribution in [0.5, 0.6) is 11.5 Å². The predicted molar refractivity (Wildman–Crippen MR) is 61.5 cm³/mol. The van der Waals surface area contributed by atoms with Gasteiger partial charge in [-0.3, -0.25) is 0 Å². The van der Waals surface area contributed by atoms with E-state index < -0.39 is 18.7 Å². The molecule has 0 saturated heterocycles. The van der Waals surface area contributed by atoms with Crippen molar-refractivity contribution in [2.24, 2.45) is 0 Å². The molecule has 7 heteroatoms. The van der Waals surface area contributed by atoms with Crippen LogP contribution in [0.4, 0.5) is 8.78 Å². The van der Waals surface area contributed by atoms with Crippen LogP contribution >= 0.6 is 0 Å². The van der Waals surface area contributed by atoms with E-state index in [2.05, 4.69) is 4.74 Å². The third kappa shape index (κ3) is 4.70. The number of methoxy groups -OCH3 is 1. The summed E-state index contributed by atoms with van der Waals surface area (Å²) in [4.78, 5) is 10.6. The van der Waals surface area contributed by atoms with E-state index in [1.807, 2.05) is 0 Å². The van der Waals surface area contributed by atoms with Crippen molar-refractivity contribution in [3.8, 4) is 11.5 Å². The highest BCUT2D eigenvalue weighted by Crippen LogP contribution is 2.29. The van der Waals surface area contributed by atoms with E-state index in [0.29, 0.717) is 5.56 Å². The number of aliphatic carboxylic acids is 1. The Morgan fingerprint density at radius 2 is 2.05 bits per heavy atom. The number of carbonyl (C=O) groups is 1. The molecule has 0 spiro atoms. The number of carboxylic acids is 1. The van der Waals surface area contributed by atoms with Crippen LogP contribution in [0.15, 0.2) is 18.2 Å². The minimum Gasteiger partial charge on any atom is -0.493 e. The Balaban J connectivity index is 2.73. The number of alkyl halides is 2. The lowest BCUT2D eigenvalue weighted by Crippen LogP contribution is -2.19. The lowest BCUT2D eigenvalue weighted by atomic mass is 10.2. The summed E-state index contributed by atoms with van der Waals surface area (Å²) in [7, 11) is 1.32. The Kier molecular flexibility index (Phi) is 5.50. The number of benzene rings is 1. The summed E-state index contributed by atoms with van der Waals surface area (Å²) >= 11 is 0. The molecular formula is C12H14F2O5. The smallest absolute Gasteiger partial charge is 0.387 e. The molecule has 106 valence electrons. The van der Waals surface area contributed by atoms with Crippen molar-refractivity contribution in [1.82, 2.24) is 0 Å². The highest BCUT2D eigenvalue weighted by atomic mass is 19.3. The summed E-state index contributed by atoms with van der Waals surface area (Å²) in [5.41, 5.74) is 0.589. The van der Waals surface area contributed by atoms with E-state index in [1.54, 1.807) is 0 Å². The quantitative estimate of drug-likeness (QED) is 0.827. The largest absolute Gasteiger partial charge is 0.493 e. The van der Waals surface area contributed by atoms with E-state index in [4.69, 9.17) is 14.6 Å². The maximum absolute atomic E-state index is 12.1. The van der Waals surface area contributed by atoms with E-state index in [9.17, 15) is 13.6 Å². The first-order valence-corrected chi connectivity index (χ1v) is 5.40. The highest BCUT2D eigenvalue weighted by molar-refractivity contribution is 5.71. The first kappa shape index (κ1) is 15.2. The van der Waals surface area contributed by atoms with Gasteiger partial charge in [-0.05, 0) is 24.6 Å². The molecule has 1 N–H and O–H groups in total. The molecule has 0 fully saturated rings. The van der Waals surface area contributed by atoms with Crippen molar-refractivity contribution in [2.75, 3.05) is 7.11 Å². The van der Waals surface area contributed by atoms with Gasteiger partial charge in [0, 0.05) is 0 Å². The zero-order valence-electron chi connectivity index (χ0n) is 10.4. The molecule has 0 radical (unpaired) electrons. The van der Waals surface area contributed by atoms with Gasteiger partial charge in [-0.25, -0.2) is 4.79 Å². The molecule has 1 rings (SSSR count). The monoisotopic (exact) mass is 276 g/mol.